The molecule has 1 atom stereocenters. The minimum atomic E-state index is -0.503. The first-order chi connectivity index (χ1) is 9.54. The average Bonchev–Trinajstić information content (AvgIpc) is 3.20. The summed E-state index contributed by atoms with van der Waals surface area (Å²) in [4.78, 5) is 4.54. The highest BCUT2D eigenvalue weighted by Gasteiger charge is 2.46. The highest BCUT2D eigenvalue weighted by atomic mass is 15.4. The Morgan fingerprint density at radius 3 is 2.55 bits per heavy atom. The van der Waals surface area contributed by atoms with Crippen LogP contribution in [-0.2, 0) is 19.4 Å². The molecule has 1 fully saturated rings. The standard InChI is InChI=1S/C15H25N5/c1-5-13-17-14(6-2)20(19-13)10-15(9-16,12-7-8-12)18-11(3)4/h11-12,18H,5-8,10H2,1-4H3. The summed E-state index contributed by atoms with van der Waals surface area (Å²) in [6, 6.07) is 2.82. The molecule has 1 aromatic heterocycles. The summed E-state index contributed by atoms with van der Waals surface area (Å²) in [7, 11) is 0. The lowest BCUT2D eigenvalue weighted by molar-refractivity contribution is 0.280. The molecule has 5 heteroatoms. The predicted octanol–water partition coefficient (Wildman–Crippen LogP) is 2.07. The minimum absolute atomic E-state index is 0.287. The van der Waals surface area contributed by atoms with Gasteiger partial charge in [0.05, 0.1) is 12.6 Å². The smallest absolute Gasteiger partial charge is 0.150 e. The summed E-state index contributed by atoms with van der Waals surface area (Å²) in [5, 5.41) is 17.8. The van der Waals surface area contributed by atoms with Crippen molar-refractivity contribution in [3.8, 4) is 6.07 Å². The van der Waals surface area contributed by atoms with Crippen LogP contribution in [0.2, 0.25) is 0 Å². The van der Waals surface area contributed by atoms with Gasteiger partial charge >= 0.3 is 0 Å². The van der Waals surface area contributed by atoms with Gasteiger partial charge in [0, 0.05) is 18.9 Å². The van der Waals surface area contributed by atoms with Crippen LogP contribution in [0, 0.1) is 17.2 Å². The number of aryl methyl sites for hydroxylation is 2. The van der Waals surface area contributed by atoms with Crippen LogP contribution >= 0.6 is 0 Å². The highest BCUT2D eigenvalue weighted by Crippen LogP contribution is 2.40. The molecule has 1 aromatic rings. The van der Waals surface area contributed by atoms with Crippen LogP contribution in [0.25, 0.3) is 0 Å². The van der Waals surface area contributed by atoms with Gasteiger partial charge in [-0.05, 0) is 32.6 Å². The molecule has 0 aliphatic heterocycles. The second-order valence-electron chi connectivity index (χ2n) is 5.97. The maximum absolute atomic E-state index is 9.75. The number of hydrogen-bond acceptors (Lipinski definition) is 4. The molecule has 1 saturated carbocycles. The topological polar surface area (TPSA) is 66.5 Å². The third-order valence-corrected chi connectivity index (χ3v) is 3.84. The van der Waals surface area contributed by atoms with Gasteiger partial charge < -0.3 is 0 Å². The number of hydrogen-bond donors (Lipinski definition) is 1. The molecule has 110 valence electrons. The van der Waals surface area contributed by atoms with E-state index in [1.807, 2.05) is 4.68 Å². The predicted molar refractivity (Wildman–Crippen MR) is 78.1 cm³/mol. The van der Waals surface area contributed by atoms with Crippen molar-refractivity contribution in [3.63, 3.8) is 0 Å². The normalized spacial score (nSPS) is 18.0. The lowest BCUT2D eigenvalue weighted by Crippen LogP contribution is -2.52. The molecule has 5 nitrogen and oxygen atoms in total. The zero-order chi connectivity index (χ0) is 14.8. The van der Waals surface area contributed by atoms with E-state index in [4.69, 9.17) is 0 Å². The first kappa shape index (κ1) is 15.0. The van der Waals surface area contributed by atoms with E-state index in [0.29, 0.717) is 12.5 Å². The van der Waals surface area contributed by atoms with Crippen molar-refractivity contribution >= 4 is 0 Å². The van der Waals surface area contributed by atoms with Crippen molar-refractivity contribution in [2.24, 2.45) is 5.92 Å². The maximum atomic E-state index is 9.75. The first-order valence-electron chi connectivity index (χ1n) is 7.66. The molecule has 1 aliphatic carbocycles. The van der Waals surface area contributed by atoms with Crippen molar-refractivity contribution in [3.05, 3.63) is 11.6 Å². The van der Waals surface area contributed by atoms with E-state index >= 15 is 0 Å². The van der Waals surface area contributed by atoms with Crippen molar-refractivity contribution < 1.29 is 0 Å². The van der Waals surface area contributed by atoms with Gasteiger partial charge in [-0.15, -0.1) is 0 Å². The zero-order valence-electron chi connectivity index (χ0n) is 13.0. The summed E-state index contributed by atoms with van der Waals surface area (Å²) in [6.07, 6.45) is 3.94. The molecule has 1 unspecified atom stereocenters. The van der Waals surface area contributed by atoms with Crippen molar-refractivity contribution in [2.45, 2.75) is 71.5 Å². The summed E-state index contributed by atoms with van der Waals surface area (Å²) >= 11 is 0. The third-order valence-electron chi connectivity index (χ3n) is 3.84. The quantitative estimate of drug-likeness (QED) is 0.827. The van der Waals surface area contributed by atoms with Crippen molar-refractivity contribution in [1.82, 2.24) is 20.1 Å². The first-order valence-corrected chi connectivity index (χ1v) is 7.66. The van der Waals surface area contributed by atoms with Gasteiger partial charge in [0.2, 0.25) is 0 Å². The Bertz CT molecular complexity index is 495. The molecule has 0 aromatic carbocycles. The summed E-state index contributed by atoms with van der Waals surface area (Å²) in [5.41, 5.74) is -0.503. The number of nitrogens with one attached hydrogen (secondary N) is 1. The monoisotopic (exact) mass is 275 g/mol. The maximum Gasteiger partial charge on any atom is 0.150 e. The van der Waals surface area contributed by atoms with Gasteiger partial charge in [-0.1, -0.05) is 13.8 Å². The van der Waals surface area contributed by atoms with Gasteiger partial charge in [-0.2, -0.15) is 10.4 Å². The van der Waals surface area contributed by atoms with Gasteiger partial charge in [0.15, 0.2) is 5.82 Å². The van der Waals surface area contributed by atoms with Crippen LogP contribution in [0.4, 0.5) is 0 Å². The number of rotatable bonds is 7. The second-order valence-corrected chi connectivity index (χ2v) is 5.97. The van der Waals surface area contributed by atoms with E-state index in [-0.39, 0.29) is 6.04 Å². The van der Waals surface area contributed by atoms with Crippen LogP contribution in [-0.4, -0.2) is 26.3 Å². The molecule has 20 heavy (non-hydrogen) atoms. The average molecular weight is 275 g/mol. The number of nitriles is 1. The van der Waals surface area contributed by atoms with E-state index in [1.54, 1.807) is 0 Å². The molecular formula is C15H25N5. The van der Waals surface area contributed by atoms with Crippen molar-refractivity contribution in [2.75, 3.05) is 0 Å². The minimum Gasteiger partial charge on any atom is -0.295 e. The fourth-order valence-corrected chi connectivity index (χ4v) is 2.74. The summed E-state index contributed by atoms with van der Waals surface area (Å²) in [5.74, 6) is 2.29. The Morgan fingerprint density at radius 1 is 1.40 bits per heavy atom. The zero-order valence-corrected chi connectivity index (χ0v) is 13.0. The Labute approximate surface area is 121 Å². The molecule has 1 heterocycles. The van der Waals surface area contributed by atoms with E-state index in [2.05, 4.69) is 49.2 Å². The molecular weight excluding hydrogens is 250 g/mol. The Hall–Kier alpha value is -1.41. The largest absolute Gasteiger partial charge is 0.295 e. The SMILES string of the molecule is CCc1nc(CC)n(CC(C#N)(NC(C)C)C2CC2)n1. The Balaban J connectivity index is 2.27. The Morgan fingerprint density at radius 2 is 2.10 bits per heavy atom. The highest BCUT2D eigenvalue weighted by molar-refractivity contribution is 5.16. The molecule has 0 radical (unpaired) electrons. The molecule has 2 rings (SSSR count). The van der Waals surface area contributed by atoms with Gasteiger partial charge in [0.25, 0.3) is 0 Å². The van der Waals surface area contributed by atoms with Crippen LogP contribution in [0.15, 0.2) is 0 Å². The van der Waals surface area contributed by atoms with Gasteiger partial charge in [-0.25, -0.2) is 9.67 Å². The van der Waals surface area contributed by atoms with Crippen LogP contribution < -0.4 is 5.32 Å². The summed E-state index contributed by atoms with van der Waals surface area (Å²) < 4.78 is 1.94. The van der Waals surface area contributed by atoms with E-state index in [0.717, 1.165) is 37.3 Å². The molecule has 1 N–H and O–H groups in total. The number of aromatic nitrogens is 3. The summed E-state index contributed by atoms with van der Waals surface area (Å²) in [6.45, 7) is 8.93. The number of nitrogens with zero attached hydrogens (tertiary/aromatic N) is 4. The lowest BCUT2D eigenvalue weighted by atomic mass is 9.93. The molecule has 0 bridgehead atoms. The third kappa shape index (κ3) is 3.01. The van der Waals surface area contributed by atoms with E-state index in [9.17, 15) is 5.26 Å². The second kappa shape index (κ2) is 5.92. The fourth-order valence-electron chi connectivity index (χ4n) is 2.74. The van der Waals surface area contributed by atoms with Gasteiger partial charge in [-0.3, -0.25) is 5.32 Å². The van der Waals surface area contributed by atoms with E-state index < -0.39 is 5.54 Å². The van der Waals surface area contributed by atoms with Crippen molar-refractivity contribution in [1.29, 1.82) is 5.26 Å². The lowest BCUT2D eigenvalue weighted by Gasteiger charge is -2.30. The van der Waals surface area contributed by atoms with Crippen LogP contribution in [0.1, 0.15) is 52.2 Å². The fraction of sp³-hybridized carbons (Fsp3) is 0.800. The van der Waals surface area contributed by atoms with E-state index in [1.165, 1.54) is 0 Å². The molecule has 0 amide bonds. The molecule has 1 aliphatic rings. The Kier molecular flexibility index (Phi) is 4.44. The molecule has 0 spiro atoms. The van der Waals surface area contributed by atoms with Crippen LogP contribution in [0.3, 0.4) is 0 Å². The molecule has 0 saturated heterocycles. The van der Waals surface area contributed by atoms with Gasteiger partial charge in [0.1, 0.15) is 11.4 Å². The van der Waals surface area contributed by atoms with Crippen LogP contribution in [0.5, 0.6) is 0 Å².